The van der Waals surface area contributed by atoms with E-state index < -0.39 is 0 Å². The van der Waals surface area contributed by atoms with Gasteiger partial charge in [0.1, 0.15) is 5.44 Å². The largest absolute Gasteiger partial charge is 0.359 e. The third-order valence-electron chi connectivity index (χ3n) is 4.36. The number of hydrogen-bond acceptors (Lipinski definition) is 2. The van der Waals surface area contributed by atoms with E-state index in [0.717, 1.165) is 17.1 Å². The molecule has 2 aliphatic carbocycles. The fourth-order valence-electron chi connectivity index (χ4n) is 3.65. The molecule has 0 spiro atoms. The molecule has 4 rings (SSSR count). The SMILES string of the molecule is c1ccc([C@H]2O[C@@H]3C[C@H]4C[C@@H]3[C@H](C4)S2)cc1. The highest BCUT2D eigenvalue weighted by Gasteiger charge is 2.51. The van der Waals surface area contributed by atoms with E-state index in [9.17, 15) is 0 Å². The zero-order chi connectivity index (χ0) is 10.5. The molecule has 84 valence electrons. The Morgan fingerprint density at radius 3 is 2.69 bits per heavy atom. The average Bonchev–Trinajstić information content (AvgIpc) is 2.88. The molecule has 1 aromatic carbocycles. The third kappa shape index (κ3) is 1.36. The Kier molecular flexibility index (Phi) is 2.09. The maximum Gasteiger partial charge on any atom is 0.129 e. The van der Waals surface area contributed by atoms with Gasteiger partial charge in [0.25, 0.3) is 0 Å². The maximum atomic E-state index is 6.26. The molecule has 1 aliphatic heterocycles. The first-order valence-electron chi connectivity index (χ1n) is 6.26. The van der Waals surface area contributed by atoms with Gasteiger partial charge >= 0.3 is 0 Å². The van der Waals surface area contributed by atoms with Crippen molar-refractivity contribution in [1.82, 2.24) is 0 Å². The van der Waals surface area contributed by atoms with Crippen LogP contribution in [0.3, 0.4) is 0 Å². The van der Waals surface area contributed by atoms with Crippen LogP contribution >= 0.6 is 11.8 Å². The Labute approximate surface area is 101 Å². The van der Waals surface area contributed by atoms with Gasteiger partial charge in [-0.05, 0) is 36.7 Å². The smallest absolute Gasteiger partial charge is 0.129 e. The molecule has 3 aliphatic rings. The van der Waals surface area contributed by atoms with Gasteiger partial charge in [-0.1, -0.05) is 30.3 Å². The molecule has 5 atom stereocenters. The average molecular weight is 232 g/mol. The molecule has 0 radical (unpaired) electrons. The minimum atomic E-state index is 0.298. The Balaban J connectivity index is 1.60. The fourth-order valence-corrected chi connectivity index (χ4v) is 5.36. The summed E-state index contributed by atoms with van der Waals surface area (Å²) in [5, 5.41) is 0.878. The molecule has 1 heterocycles. The van der Waals surface area contributed by atoms with Crippen molar-refractivity contribution in [3.05, 3.63) is 35.9 Å². The Morgan fingerprint density at radius 2 is 1.94 bits per heavy atom. The van der Waals surface area contributed by atoms with Gasteiger partial charge in [0.15, 0.2) is 0 Å². The molecule has 0 aromatic heterocycles. The molecule has 2 saturated carbocycles. The molecule has 3 fully saturated rings. The van der Waals surface area contributed by atoms with E-state index in [1.807, 2.05) is 0 Å². The van der Waals surface area contributed by atoms with Crippen LogP contribution in [-0.2, 0) is 4.74 Å². The van der Waals surface area contributed by atoms with Crippen molar-refractivity contribution in [2.24, 2.45) is 11.8 Å². The molecule has 1 nitrogen and oxygen atoms in total. The second kappa shape index (κ2) is 3.51. The quantitative estimate of drug-likeness (QED) is 0.731. The minimum absolute atomic E-state index is 0.298. The number of rotatable bonds is 1. The fraction of sp³-hybridized carbons (Fsp3) is 0.571. The van der Waals surface area contributed by atoms with Crippen LogP contribution in [0.2, 0.25) is 0 Å². The lowest BCUT2D eigenvalue weighted by Gasteiger charge is -2.39. The Morgan fingerprint density at radius 1 is 1.06 bits per heavy atom. The highest BCUT2D eigenvalue weighted by Crippen LogP contribution is 2.58. The summed E-state index contributed by atoms with van der Waals surface area (Å²) in [7, 11) is 0. The van der Waals surface area contributed by atoms with Crippen molar-refractivity contribution in [3.63, 3.8) is 0 Å². The first-order chi connectivity index (χ1) is 7.90. The van der Waals surface area contributed by atoms with Crippen LogP contribution in [-0.4, -0.2) is 11.4 Å². The molecule has 0 unspecified atom stereocenters. The number of ether oxygens (including phenoxy) is 1. The van der Waals surface area contributed by atoms with E-state index in [1.54, 1.807) is 0 Å². The summed E-state index contributed by atoms with van der Waals surface area (Å²) in [6.07, 6.45) is 4.77. The predicted molar refractivity (Wildman–Crippen MR) is 66.3 cm³/mol. The lowest BCUT2D eigenvalue weighted by molar-refractivity contribution is -0.0104. The second-order valence-electron chi connectivity index (χ2n) is 5.33. The zero-order valence-corrected chi connectivity index (χ0v) is 10.0. The summed E-state index contributed by atoms with van der Waals surface area (Å²) in [6.45, 7) is 0. The number of thioether (sulfide) groups is 1. The van der Waals surface area contributed by atoms with Crippen LogP contribution in [0.4, 0.5) is 0 Å². The highest BCUT2D eigenvalue weighted by atomic mass is 32.2. The van der Waals surface area contributed by atoms with Crippen LogP contribution < -0.4 is 0 Å². The summed E-state index contributed by atoms with van der Waals surface area (Å²) in [5.74, 6) is 1.85. The molecular weight excluding hydrogens is 216 g/mol. The van der Waals surface area contributed by atoms with Crippen LogP contribution in [0.25, 0.3) is 0 Å². The molecular formula is C14H16OS. The molecule has 2 heteroatoms. The van der Waals surface area contributed by atoms with Crippen LogP contribution in [0.5, 0.6) is 0 Å². The van der Waals surface area contributed by atoms with Gasteiger partial charge in [0.05, 0.1) is 6.10 Å². The van der Waals surface area contributed by atoms with E-state index >= 15 is 0 Å². The van der Waals surface area contributed by atoms with Crippen LogP contribution in [0.15, 0.2) is 30.3 Å². The minimum Gasteiger partial charge on any atom is -0.359 e. The maximum absolute atomic E-state index is 6.26. The monoisotopic (exact) mass is 232 g/mol. The van der Waals surface area contributed by atoms with Gasteiger partial charge in [-0.2, -0.15) is 0 Å². The van der Waals surface area contributed by atoms with Crippen molar-refractivity contribution < 1.29 is 4.74 Å². The van der Waals surface area contributed by atoms with E-state index in [2.05, 4.69) is 42.1 Å². The van der Waals surface area contributed by atoms with Gasteiger partial charge in [-0.25, -0.2) is 0 Å². The Hall–Kier alpha value is -0.470. The second-order valence-corrected chi connectivity index (χ2v) is 6.63. The van der Waals surface area contributed by atoms with Crippen LogP contribution in [0.1, 0.15) is 30.3 Å². The molecule has 1 saturated heterocycles. The first-order valence-corrected chi connectivity index (χ1v) is 7.20. The summed E-state index contributed by atoms with van der Waals surface area (Å²) >= 11 is 2.07. The van der Waals surface area contributed by atoms with Crippen LogP contribution in [0, 0.1) is 11.8 Å². The summed E-state index contributed by atoms with van der Waals surface area (Å²) < 4.78 is 6.26. The number of benzene rings is 1. The highest BCUT2D eigenvalue weighted by molar-refractivity contribution is 8.00. The normalized spacial score (nSPS) is 44.9. The Bertz CT molecular complexity index is 375. The van der Waals surface area contributed by atoms with Gasteiger partial charge in [0.2, 0.25) is 0 Å². The van der Waals surface area contributed by atoms with Gasteiger partial charge in [0, 0.05) is 5.25 Å². The van der Waals surface area contributed by atoms with Crippen molar-refractivity contribution in [2.45, 2.75) is 36.1 Å². The van der Waals surface area contributed by atoms with Gasteiger partial charge < -0.3 is 4.74 Å². The van der Waals surface area contributed by atoms with E-state index in [0.29, 0.717) is 11.5 Å². The zero-order valence-electron chi connectivity index (χ0n) is 9.21. The van der Waals surface area contributed by atoms with E-state index in [1.165, 1.54) is 24.8 Å². The summed E-state index contributed by atoms with van der Waals surface area (Å²) in [6, 6.07) is 10.7. The molecule has 1 aromatic rings. The summed E-state index contributed by atoms with van der Waals surface area (Å²) in [4.78, 5) is 0. The first kappa shape index (κ1) is 9.55. The third-order valence-corrected chi connectivity index (χ3v) is 5.88. The molecule has 0 N–H and O–H groups in total. The molecule has 0 amide bonds. The molecule has 16 heavy (non-hydrogen) atoms. The lowest BCUT2D eigenvalue weighted by atomic mass is 9.97. The topological polar surface area (TPSA) is 9.23 Å². The lowest BCUT2D eigenvalue weighted by Crippen LogP contribution is -2.35. The van der Waals surface area contributed by atoms with E-state index in [4.69, 9.17) is 4.74 Å². The molecule has 2 bridgehead atoms. The summed E-state index contributed by atoms with van der Waals surface area (Å²) in [5.41, 5.74) is 1.65. The van der Waals surface area contributed by atoms with Gasteiger partial charge in [-0.3, -0.25) is 0 Å². The van der Waals surface area contributed by atoms with Gasteiger partial charge in [-0.15, -0.1) is 11.8 Å². The van der Waals surface area contributed by atoms with E-state index in [-0.39, 0.29) is 0 Å². The van der Waals surface area contributed by atoms with Crippen molar-refractivity contribution >= 4 is 11.8 Å². The van der Waals surface area contributed by atoms with Crippen molar-refractivity contribution in [3.8, 4) is 0 Å². The van der Waals surface area contributed by atoms with Crippen molar-refractivity contribution in [2.75, 3.05) is 0 Å². The standard InChI is InChI=1S/C14H16OS/c1-2-4-10(5-3-1)14-15-12-7-9-6-11(12)13(8-9)16-14/h1-5,9,11-14H,6-8H2/t9-,11+,12-,13+,14+/m1/s1. The number of fused-ring (bicyclic) bond motifs is 1. The predicted octanol–water partition coefficient (Wildman–Crippen LogP) is 3.62. The van der Waals surface area contributed by atoms with Crippen molar-refractivity contribution in [1.29, 1.82) is 0 Å². The number of hydrogen-bond donors (Lipinski definition) is 0.